The van der Waals surface area contributed by atoms with Gasteiger partial charge in [0.2, 0.25) is 15.9 Å². The molecule has 1 aromatic carbocycles. The van der Waals surface area contributed by atoms with E-state index < -0.39 is 10.0 Å². The Morgan fingerprint density at radius 1 is 1.25 bits per heavy atom. The van der Waals surface area contributed by atoms with Crippen LogP contribution in [-0.2, 0) is 14.8 Å². The van der Waals surface area contributed by atoms with Gasteiger partial charge in [-0.2, -0.15) is 15.6 Å². The Labute approximate surface area is 169 Å². The highest BCUT2D eigenvalue weighted by Crippen LogP contribution is 2.31. The second kappa shape index (κ2) is 9.36. The molecular formula is C20H24N2O4S2. The largest absolute Gasteiger partial charge is 0.492 e. The lowest BCUT2D eigenvalue weighted by molar-refractivity contribution is -0.111. The van der Waals surface area contributed by atoms with E-state index in [1.54, 1.807) is 29.5 Å². The van der Waals surface area contributed by atoms with Gasteiger partial charge in [-0.15, -0.1) is 0 Å². The fourth-order valence-corrected chi connectivity index (χ4v) is 5.33. The van der Waals surface area contributed by atoms with Gasteiger partial charge in [0.1, 0.15) is 10.6 Å². The summed E-state index contributed by atoms with van der Waals surface area (Å²) in [6, 6.07) is 6.63. The highest BCUT2D eigenvalue weighted by atomic mass is 32.2. The number of piperidine rings is 1. The number of thiophene rings is 1. The predicted octanol–water partition coefficient (Wildman–Crippen LogP) is 3.97. The van der Waals surface area contributed by atoms with Gasteiger partial charge in [0.15, 0.2) is 0 Å². The Morgan fingerprint density at radius 3 is 2.71 bits per heavy atom. The summed E-state index contributed by atoms with van der Waals surface area (Å²) >= 11 is 1.55. The van der Waals surface area contributed by atoms with E-state index in [1.807, 2.05) is 23.8 Å². The second-order valence-electron chi connectivity index (χ2n) is 6.44. The molecule has 2 aromatic rings. The Hall–Kier alpha value is -2.16. The third-order valence-electron chi connectivity index (χ3n) is 4.41. The first-order chi connectivity index (χ1) is 13.5. The average Bonchev–Trinajstić information content (AvgIpc) is 3.22. The lowest BCUT2D eigenvalue weighted by atomic mass is 10.2. The summed E-state index contributed by atoms with van der Waals surface area (Å²) in [7, 11) is -3.68. The number of carbonyl (C=O) groups is 1. The predicted molar refractivity (Wildman–Crippen MR) is 112 cm³/mol. The normalized spacial score (nSPS) is 15.6. The number of hydrogen-bond acceptors (Lipinski definition) is 5. The molecule has 6 nitrogen and oxygen atoms in total. The number of sulfonamides is 1. The number of carbonyl (C=O) groups excluding carboxylic acids is 1. The SMILES string of the molecule is CCOc1ccc(NC(=O)/C=C/c2ccsc2)cc1S(=O)(=O)N1CCCCC1. The van der Waals surface area contributed by atoms with E-state index in [0.29, 0.717) is 31.1 Å². The molecule has 0 spiro atoms. The van der Waals surface area contributed by atoms with Crippen LogP contribution in [0, 0.1) is 0 Å². The van der Waals surface area contributed by atoms with Gasteiger partial charge in [0.25, 0.3) is 0 Å². The number of benzene rings is 1. The molecular weight excluding hydrogens is 396 g/mol. The summed E-state index contributed by atoms with van der Waals surface area (Å²) in [6.45, 7) is 3.18. The maximum atomic E-state index is 13.1. The van der Waals surface area contributed by atoms with E-state index in [-0.39, 0.29) is 10.8 Å². The Morgan fingerprint density at radius 2 is 2.04 bits per heavy atom. The summed E-state index contributed by atoms with van der Waals surface area (Å²) < 4.78 is 33.3. The van der Waals surface area contributed by atoms with E-state index in [0.717, 1.165) is 24.8 Å². The highest BCUT2D eigenvalue weighted by Gasteiger charge is 2.29. The molecule has 1 saturated heterocycles. The first-order valence-electron chi connectivity index (χ1n) is 9.29. The van der Waals surface area contributed by atoms with E-state index in [1.165, 1.54) is 16.4 Å². The summed E-state index contributed by atoms with van der Waals surface area (Å²) in [5.74, 6) is -0.0171. The zero-order valence-electron chi connectivity index (χ0n) is 15.8. The van der Waals surface area contributed by atoms with Crippen LogP contribution in [0.5, 0.6) is 5.75 Å². The molecule has 1 fully saturated rings. The lowest BCUT2D eigenvalue weighted by Crippen LogP contribution is -2.35. The minimum Gasteiger partial charge on any atom is -0.492 e. The van der Waals surface area contributed by atoms with Crippen LogP contribution in [-0.4, -0.2) is 38.3 Å². The van der Waals surface area contributed by atoms with Crippen LogP contribution < -0.4 is 10.1 Å². The van der Waals surface area contributed by atoms with Gasteiger partial charge in [0, 0.05) is 24.9 Å². The molecule has 1 aliphatic heterocycles. The molecule has 1 amide bonds. The maximum absolute atomic E-state index is 13.1. The van der Waals surface area contributed by atoms with Gasteiger partial charge in [-0.1, -0.05) is 6.42 Å². The summed E-state index contributed by atoms with van der Waals surface area (Å²) in [5, 5.41) is 6.60. The highest BCUT2D eigenvalue weighted by molar-refractivity contribution is 7.89. The van der Waals surface area contributed by atoms with Crippen LogP contribution in [0.3, 0.4) is 0 Å². The van der Waals surface area contributed by atoms with Gasteiger partial charge >= 0.3 is 0 Å². The number of amides is 1. The molecule has 1 aromatic heterocycles. The van der Waals surface area contributed by atoms with Crippen LogP contribution in [0.4, 0.5) is 5.69 Å². The average molecular weight is 421 g/mol. The molecule has 28 heavy (non-hydrogen) atoms. The van der Waals surface area contributed by atoms with Gasteiger partial charge in [-0.25, -0.2) is 8.42 Å². The first-order valence-corrected chi connectivity index (χ1v) is 11.7. The Bertz CT molecular complexity index is 931. The van der Waals surface area contributed by atoms with Crippen molar-refractivity contribution in [2.75, 3.05) is 25.0 Å². The molecule has 0 radical (unpaired) electrons. The Kier molecular flexibility index (Phi) is 6.88. The van der Waals surface area contributed by atoms with Crippen molar-refractivity contribution in [3.05, 3.63) is 46.7 Å². The minimum atomic E-state index is -3.68. The number of anilines is 1. The van der Waals surface area contributed by atoms with Crippen molar-refractivity contribution in [3.8, 4) is 5.75 Å². The number of ether oxygens (including phenoxy) is 1. The summed E-state index contributed by atoms with van der Waals surface area (Å²) in [6.07, 6.45) is 5.89. The molecule has 0 bridgehead atoms. The van der Waals surface area contributed by atoms with E-state index in [2.05, 4.69) is 5.32 Å². The number of hydrogen-bond donors (Lipinski definition) is 1. The molecule has 8 heteroatoms. The molecule has 0 aliphatic carbocycles. The number of rotatable bonds is 7. The zero-order valence-corrected chi connectivity index (χ0v) is 17.4. The molecule has 0 saturated carbocycles. The second-order valence-corrected chi connectivity index (χ2v) is 9.12. The summed E-state index contributed by atoms with van der Waals surface area (Å²) in [4.78, 5) is 12.3. The fraction of sp³-hybridized carbons (Fsp3) is 0.350. The van der Waals surface area contributed by atoms with Crippen molar-refractivity contribution in [1.29, 1.82) is 0 Å². The zero-order chi connectivity index (χ0) is 20.0. The monoisotopic (exact) mass is 420 g/mol. The third-order valence-corrected chi connectivity index (χ3v) is 7.04. The van der Waals surface area contributed by atoms with Crippen molar-refractivity contribution in [3.63, 3.8) is 0 Å². The van der Waals surface area contributed by atoms with Gasteiger partial charge in [0.05, 0.1) is 6.61 Å². The van der Waals surface area contributed by atoms with Crippen LogP contribution in [0.1, 0.15) is 31.7 Å². The van der Waals surface area contributed by atoms with Crippen LogP contribution in [0.15, 0.2) is 46.0 Å². The number of nitrogens with zero attached hydrogens (tertiary/aromatic N) is 1. The van der Waals surface area contributed by atoms with Crippen molar-refractivity contribution in [2.24, 2.45) is 0 Å². The third kappa shape index (κ3) is 5.01. The maximum Gasteiger partial charge on any atom is 0.248 e. The molecule has 1 aliphatic rings. The van der Waals surface area contributed by atoms with Gasteiger partial charge in [-0.05, 0) is 66.4 Å². The van der Waals surface area contributed by atoms with Crippen LogP contribution in [0.2, 0.25) is 0 Å². The van der Waals surface area contributed by atoms with Gasteiger partial charge < -0.3 is 10.1 Å². The van der Waals surface area contributed by atoms with Crippen LogP contribution >= 0.6 is 11.3 Å². The van der Waals surface area contributed by atoms with Crippen LogP contribution in [0.25, 0.3) is 6.08 Å². The molecule has 150 valence electrons. The van der Waals surface area contributed by atoms with Gasteiger partial charge in [-0.3, -0.25) is 4.79 Å². The van der Waals surface area contributed by atoms with E-state index >= 15 is 0 Å². The quantitative estimate of drug-likeness (QED) is 0.688. The molecule has 0 unspecified atom stereocenters. The standard InChI is InChI=1S/C20H24N2O4S2/c1-2-26-18-8-7-17(21-20(23)9-6-16-10-13-27-15-16)14-19(18)28(24,25)22-11-4-3-5-12-22/h6-10,13-15H,2-5,11-12H2,1H3,(H,21,23)/b9-6+. The van der Waals surface area contributed by atoms with Crippen molar-refractivity contribution in [1.82, 2.24) is 4.31 Å². The topological polar surface area (TPSA) is 75.7 Å². The van der Waals surface area contributed by atoms with Crippen molar-refractivity contribution >= 4 is 39.0 Å². The molecule has 0 atom stereocenters. The van der Waals surface area contributed by atoms with E-state index in [4.69, 9.17) is 4.74 Å². The fourth-order valence-electron chi connectivity index (χ4n) is 3.03. The minimum absolute atomic E-state index is 0.0934. The van der Waals surface area contributed by atoms with Crippen molar-refractivity contribution in [2.45, 2.75) is 31.1 Å². The molecule has 1 N–H and O–H groups in total. The lowest BCUT2D eigenvalue weighted by Gasteiger charge is -2.26. The Balaban J connectivity index is 1.83. The first kappa shape index (κ1) is 20.6. The molecule has 3 rings (SSSR count). The molecule has 2 heterocycles. The number of nitrogens with one attached hydrogen (secondary N) is 1. The van der Waals surface area contributed by atoms with Crippen molar-refractivity contribution < 1.29 is 17.9 Å². The summed E-state index contributed by atoms with van der Waals surface area (Å²) in [5.41, 5.74) is 1.36. The van der Waals surface area contributed by atoms with E-state index in [9.17, 15) is 13.2 Å². The smallest absolute Gasteiger partial charge is 0.248 e.